The largest absolute Gasteiger partial charge is 0.315 e. The molecule has 0 bridgehead atoms. The Morgan fingerprint density at radius 1 is 1.25 bits per heavy atom. The van der Waals surface area contributed by atoms with Crippen molar-refractivity contribution >= 4 is 0 Å². The van der Waals surface area contributed by atoms with Crippen molar-refractivity contribution in [2.75, 3.05) is 19.6 Å². The van der Waals surface area contributed by atoms with Crippen molar-refractivity contribution in [2.45, 2.75) is 51.5 Å². The summed E-state index contributed by atoms with van der Waals surface area (Å²) in [5.41, 5.74) is 0.633. The molecular weight excluding hydrogens is 196 g/mol. The highest BCUT2D eigenvalue weighted by Gasteiger charge is 2.39. The summed E-state index contributed by atoms with van der Waals surface area (Å²) in [6, 6.07) is 0.774. The average Bonchev–Trinajstić information content (AvgIpc) is 2.79. The van der Waals surface area contributed by atoms with Crippen LogP contribution >= 0.6 is 0 Å². The molecule has 2 heteroatoms. The van der Waals surface area contributed by atoms with E-state index in [1.165, 1.54) is 58.2 Å². The molecule has 3 rings (SSSR count). The topological polar surface area (TPSA) is 24.1 Å². The Morgan fingerprint density at radius 3 is 2.88 bits per heavy atom. The number of fused-ring (bicyclic) bond motifs is 1. The summed E-state index contributed by atoms with van der Waals surface area (Å²) < 4.78 is 0. The van der Waals surface area contributed by atoms with Crippen LogP contribution in [-0.2, 0) is 0 Å². The molecule has 0 aromatic carbocycles. The molecule has 92 valence electrons. The van der Waals surface area contributed by atoms with Crippen LogP contribution in [-0.4, -0.2) is 25.7 Å². The maximum absolute atomic E-state index is 3.72. The first-order valence-electron chi connectivity index (χ1n) is 7.21. The predicted octanol–water partition coefficient (Wildman–Crippen LogP) is 2.15. The number of nitrogens with one attached hydrogen (secondary N) is 2. The number of hydrogen-bond acceptors (Lipinski definition) is 2. The lowest BCUT2D eigenvalue weighted by molar-refractivity contribution is 0.154. The van der Waals surface area contributed by atoms with E-state index in [2.05, 4.69) is 17.6 Å². The third-order valence-corrected chi connectivity index (χ3v) is 5.35. The van der Waals surface area contributed by atoms with Crippen molar-refractivity contribution < 1.29 is 0 Å². The van der Waals surface area contributed by atoms with Crippen LogP contribution in [0.4, 0.5) is 0 Å². The number of rotatable bonds is 4. The van der Waals surface area contributed by atoms with Crippen LogP contribution in [0.2, 0.25) is 0 Å². The van der Waals surface area contributed by atoms with E-state index in [1.54, 1.807) is 0 Å². The fraction of sp³-hybridized carbons (Fsp3) is 1.00. The zero-order valence-corrected chi connectivity index (χ0v) is 10.6. The Morgan fingerprint density at radius 2 is 2.12 bits per heavy atom. The van der Waals surface area contributed by atoms with Crippen molar-refractivity contribution in [2.24, 2.45) is 17.3 Å². The van der Waals surface area contributed by atoms with Gasteiger partial charge in [0.1, 0.15) is 0 Å². The molecule has 0 amide bonds. The molecule has 3 atom stereocenters. The van der Waals surface area contributed by atoms with Gasteiger partial charge in [-0.05, 0) is 49.5 Å². The standard InChI is InChI=1S/C14H26N2/c1-14(6-3-7-14)10-15-9-13-12-5-2-4-11(12)8-16-13/h11-13,15-16H,2-10H2,1H3. The molecule has 2 N–H and O–H groups in total. The highest BCUT2D eigenvalue weighted by Crippen LogP contribution is 2.40. The fourth-order valence-electron chi connectivity index (χ4n) is 4.01. The van der Waals surface area contributed by atoms with Crippen LogP contribution in [0.5, 0.6) is 0 Å². The highest BCUT2D eigenvalue weighted by atomic mass is 15.0. The molecule has 3 unspecified atom stereocenters. The van der Waals surface area contributed by atoms with Gasteiger partial charge in [-0.25, -0.2) is 0 Å². The van der Waals surface area contributed by atoms with Crippen LogP contribution in [0.15, 0.2) is 0 Å². The monoisotopic (exact) mass is 222 g/mol. The van der Waals surface area contributed by atoms with Crippen molar-refractivity contribution in [3.05, 3.63) is 0 Å². The fourth-order valence-corrected chi connectivity index (χ4v) is 4.01. The molecule has 2 nitrogen and oxygen atoms in total. The predicted molar refractivity (Wildman–Crippen MR) is 67.4 cm³/mol. The Labute approximate surface area is 99.6 Å². The summed E-state index contributed by atoms with van der Waals surface area (Å²) in [6.45, 7) is 6.16. The van der Waals surface area contributed by atoms with Gasteiger partial charge >= 0.3 is 0 Å². The highest BCUT2D eigenvalue weighted by molar-refractivity contribution is 4.95. The van der Waals surface area contributed by atoms with Crippen molar-refractivity contribution in [3.63, 3.8) is 0 Å². The minimum Gasteiger partial charge on any atom is -0.315 e. The second-order valence-electron chi connectivity index (χ2n) is 6.66. The molecule has 2 aliphatic carbocycles. The van der Waals surface area contributed by atoms with E-state index < -0.39 is 0 Å². The molecule has 0 aromatic heterocycles. The molecule has 0 aromatic rings. The van der Waals surface area contributed by atoms with Gasteiger partial charge in [-0.15, -0.1) is 0 Å². The summed E-state index contributed by atoms with van der Waals surface area (Å²) in [5, 5.41) is 7.44. The van der Waals surface area contributed by atoms with Gasteiger partial charge in [0.2, 0.25) is 0 Å². The first kappa shape index (κ1) is 11.0. The molecule has 3 aliphatic rings. The maximum atomic E-state index is 3.72. The van der Waals surface area contributed by atoms with Crippen LogP contribution in [0.1, 0.15) is 45.4 Å². The smallest absolute Gasteiger partial charge is 0.0223 e. The lowest BCUT2D eigenvalue weighted by Crippen LogP contribution is -2.43. The summed E-state index contributed by atoms with van der Waals surface area (Å²) in [6.07, 6.45) is 8.75. The zero-order valence-electron chi connectivity index (χ0n) is 10.6. The second-order valence-corrected chi connectivity index (χ2v) is 6.66. The van der Waals surface area contributed by atoms with E-state index in [-0.39, 0.29) is 0 Å². The Kier molecular flexibility index (Phi) is 2.97. The van der Waals surface area contributed by atoms with E-state index in [4.69, 9.17) is 0 Å². The summed E-state index contributed by atoms with van der Waals surface area (Å²) >= 11 is 0. The van der Waals surface area contributed by atoms with Gasteiger partial charge in [0, 0.05) is 19.1 Å². The Hall–Kier alpha value is -0.0800. The van der Waals surface area contributed by atoms with E-state index in [9.17, 15) is 0 Å². The van der Waals surface area contributed by atoms with Crippen molar-refractivity contribution in [3.8, 4) is 0 Å². The van der Waals surface area contributed by atoms with Crippen LogP contribution in [0, 0.1) is 17.3 Å². The van der Waals surface area contributed by atoms with Gasteiger partial charge in [-0.2, -0.15) is 0 Å². The molecule has 0 radical (unpaired) electrons. The summed E-state index contributed by atoms with van der Waals surface area (Å²) in [5.74, 6) is 1.99. The van der Waals surface area contributed by atoms with Gasteiger partial charge in [-0.1, -0.05) is 19.8 Å². The molecule has 2 saturated carbocycles. The third-order valence-electron chi connectivity index (χ3n) is 5.35. The van der Waals surface area contributed by atoms with Crippen LogP contribution in [0.3, 0.4) is 0 Å². The average molecular weight is 222 g/mol. The van der Waals surface area contributed by atoms with Gasteiger partial charge in [0.05, 0.1) is 0 Å². The lowest BCUT2D eigenvalue weighted by atomic mass is 9.70. The molecule has 0 spiro atoms. The van der Waals surface area contributed by atoms with Crippen molar-refractivity contribution in [1.29, 1.82) is 0 Å². The summed E-state index contributed by atoms with van der Waals surface area (Å²) in [4.78, 5) is 0. The maximum Gasteiger partial charge on any atom is 0.0223 e. The SMILES string of the molecule is CC1(CNCC2NCC3CCCC32)CCC1. The molecular formula is C14H26N2. The Balaban J connectivity index is 1.42. The van der Waals surface area contributed by atoms with Crippen molar-refractivity contribution in [1.82, 2.24) is 10.6 Å². The van der Waals surface area contributed by atoms with Gasteiger partial charge in [0.25, 0.3) is 0 Å². The van der Waals surface area contributed by atoms with Gasteiger partial charge in [-0.3, -0.25) is 0 Å². The van der Waals surface area contributed by atoms with E-state index in [1.807, 2.05) is 0 Å². The lowest BCUT2D eigenvalue weighted by Gasteiger charge is -2.39. The third kappa shape index (κ3) is 2.02. The van der Waals surface area contributed by atoms with Gasteiger partial charge < -0.3 is 10.6 Å². The normalized spacial score (nSPS) is 40.7. The van der Waals surface area contributed by atoms with Gasteiger partial charge in [0.15, 0.2) is 0 Å². The quantitative estimate of drug-likeness (QED) is 0.761. The zero-order chi connectivity index (χ0) is 11.0. The van der Waals surface area contributed by atoms with E-state index in [0.717, 1.165) is 17.9 Å². The molecule has 1 aliphatic heterocycles. The molecule has 1 heterocycles. The first-order chi connectivity index (χ1) is 7.77. The minimum absolute atomic E-state index is 0.633. The summed E-state index contributed by atoms with van der Waals surface area (Å²) in [7, 11) is 0. The Bertz CT molecular complexity index is 247. The van der Waals surface area contributed by atoms with Crippen LogP contribution in [0.25, 0.3) is 0 Å². The number of hydrogen-bond donors (Lipinski definition) is 2. The minimum atomic E-state index is 0.633. The first-order valence-corrected chi connectivity index (χ1v) is 7.21. The van der Waals surface area contributed by atoms with E-state index in [0.29, 0.717) is 5.41 Å². The molecule has 16 heavy (non-hydrogen) atoms. The molecule has 1 saturated heterocycles. The van der Waals surface area contributed by atoms with Crippen LogP contribution < -0.4 is 10.6 Å². The van der Waals surface area contributed by atoms with E-state index >= 15 is 0 Å². The second kappa shape index (κ2) is 4.30. The molecule has 3 fully saturated rings.